The average Bonchev–Trinajstić information content (AvgIpc) is 4.04. The third kappa shape index (κ3) is 8.48. The molecule has 2 aromatic rings. The number of ether oxygens (including phenoxy) is 2. The van der Waals surface area contributed by atoms with Crippen LogP contribution in [-0.4, -0.2) is 90.6 Å². The van der Waals surface area contributed by atoms with Crippen LogP contribution in [0.5, 0.6) is 5.75 Å². The maximum absolute atomic E-state index is 14.5. The molecule has 294 valence electrons. The summed E-state index contributed by atoms with van der Waals surface area (Å²) < 4.78 is 53.4. The lowest BCUT2D eigenvalue weighted by molar-refractivity contribution is -0.142. The molecular formula is C39H46FN5O9S. The van der Waals surface area contributed by atoms with Gasteiger partial charge in [0.05, 0.1) is 31.9 Å². The molecule has 3 fully saturated rings. The zero-order valence-corrected chi connectivity index (χ0v) is 31.4. The lowest BCUT2D eigenvalue weighted by Crippen LogP contribution is -2.58. The number of fused-ring (bicyclic) bond motifs is 3. The van der Waals surface area contributed by atoms with Crippen LogP contribution in [0.4, 0.5) is 9.18 Å². The number of rotatable bonds is 8. The van der Waals surface area contributed by atoms with Crippen molar-refractivity contribution in [3.05, 3.63) is 77.1 Å². The summed E-state index contributed by atoms with van der Waals surface area (Å²) in [6, 6.07) is 9.38. The highest BCUT2D eigenvalue weighted by Crippen LogP contribution is 2.46. The molecule has 3 aliphatic heterocycles. The molecule has 5 aliphatic rings. The molecule has 0 radical (unpaired) electrons. The Kier molecular flexibility index (Phi) is 10.9. The van der Waals surface area contributed by atoms with Gasteiger partial charge in [-0.3, -0.25) is 28.8 Å². The van der Waals surface area contributed by atoms with Crippen molar-refractivity contribution in [2.24, 2.45) is 5.92 Å². The molecule has 5 atom stereocenters. The van der Waals surface area contributed by atoms with Crippen LogP contribution in [0.2, 0.25) is 0 Å². The van der Waals surface area contributed by atoms with Crippen molar-refractivity contribution >= 4 is 39.7 Å². The van der Waals surface area contributed by atoms with E-state index in [-0.39, 0.29) is 45.3 Å². The van der Waals surface area contributed by atoms with Gasteiger partial charge in [-0.1, -0.05) is 49.3 Å². The van der Waals surface area contributed by atoms with Crippen molar-refractivity contribution in [2.75, 3.05) is 13.7 Å². The maximum Gasteiger partial charge on any atom is 0.410 e. The van der Waals surface area contributed by atoms with Crippen molar-refractivity contribution in [1.82, 2.24) is 25.2 Å². The fourth-order valence-corrected chi connectivity index (χ4v) is 9.15. The molecule has 2 saturated carbocycles. The summed E-state index contributed by atoms with van der Waals surface area (Å²) in [6.07, 6.45) is 5.97. The van der Waals surface area contributed by atoms with Crippen LogP contribution in [-0.2, 0) is 53.4 Å². The van der Waals surface area contributed by atoms with E-state index >= 15 is 0 Å². The van der Waals surface area contributed by atoms with E-state index in [9.17, 15) is 36.8 Å². The lowest BCUT2D eigenvalue weighted by Gasteiger charge is -2.30. The second kappa shape index (κ2) is 15.6. The Morgan fingerprint density at radius 2 is 1.84 bits per heavy atom. The maximum atomic E-state index is 14.5. The van der Waals surface area contributed by atoms with Gasteiger partial charge in [0, 0.05) is 24.4 Å². The number of halogens is 1. The van der Waals surface area contributed by atoms with Gasteiger partial charge in [0.2, 0.25) is 27.7 Å². The summed E-state index contributed by atoms with van der Waals surface area (Å²) in [4.78, 5) is 71.9. The summed E-state index contributed by atoms with van der Waals surface area (Å²) in [6.45, 7) is -0.0562. The summed E-state index contributed by atoms with van der Waals surface area (Å²) in [5.41, 5.74) is 0.155. The quantitative estimate of drug-likeness (QED) is 0.340. The molecule has 0 aromatic heterocycles. The van der Waals surface area contributed by atoms with E-state index in [1.807, 2.05) is 12.2 Å². The number of methoxy groups -OCH3 is 1. The molecule has 1 unspecified atom stereocenters. The van der Waals surface area contributed by atoms with Crippen LogP contribution >= 0.6 is 0 Å². The first-order valence-electron chi connectivity index (χ1n) is 18.9. The number of sulfonamides is 1. The molecule has 0 spiro atoms. The van der Waals surface area contributed by atoms with Gasteiger partial charge >= 0.3 is 6.09 Å². The largest absolute Gasteiger partial charge is 0.497 e. The number of allylic oxidation sites excluding steroid dienone is 1. The number of hydrogen-bond donors (Lipinski definition) is 3. The van der Waals surface area contributed by atoms with E-state index in [1.54, 1.807) is 36.4 Å². The highest BCUT2D eigenvalue weighted by Gasteiger charge is 2.62. The number of benzene rings is 2. The number of amides is 5. The van der Waals surface area contributed by atoms with Crippen molar-refractivity contribution in [2.45, 2.75) is 106 Å². The van der Waals surface area contributed by atoms with E-state index in [4.69, 9.17) is 9.47 Å². The summed E-state index contributed by atoms with van der Waals surface area (Å²) >= 11 is 0. The van der Waals surface area contributed by atoms with E-state index in [2.05, 4.69) is 15.4 Å². The number of hydrogen-bond acceptors (Lipinski definition) is 9. The minimum atomic E-state index is -3.93. The van der Waals surface area contributed by atoms with Crippen LogP contribution in [0.3, 0.4) is 0 Å². The molecule has 55 heavy (non-hydrogen) atoms. The fourth-order valence-electron chi connectivity index (χ4n) is 7.79. The van der Waals surface area contributed by atoms with E-state index in [0.717, 1.165) is 12.8 Å². The van der Waals surface area contributed by atoms with Crippen LogP contribution in [0, 0.1) is 11.7 Å². The van der Waals surface area contributed by atoms with Crippen molar-refractivity contribution in [3.63, 3.8) is 0 Å². The third-order valence-corrected chi connectivity index (χ3v) is 12.9. The van der Waals surface area contributed by atoms with E-state index in [1.165, 1.54) is 23.0 Å². The smallest absolute Gasteiger partial charge is 0.410 e. The van der Waals surface area contributed by atoms with Crippen LogP contribution in [0.1, 0.15) is 74.5 Å². The normalized spacial score (nSPS) is 26.7. The van der Waals surface area contributed by atoms with Crippen LogP contribution in [0.15, 0.2) is 54.6 Å². The van der Waals surface area contributed by atoms with Gasteiger partial charge in [0.1, 0.15) is 35.3 Å². The Bertz CT molecular complexity index is 2010. The zero-order valence-electron chi connectivity index (χ0n) is 30.6. The topological polar surface area (TPSA) is 181 Å². The Morgan fingerprint density at radius 1 is 1.04 bits per heavy atom. The first-order valence-corrected chi connectivity index (χ1v) is 20.4. The Balaban J connectivity index is 1.13. The molecule has 7 rings (SSSR count). The van der Waals surface area contributed by atoms with E-state index < -0.39 is 80.5 Å². The van der Waals surface area contributed by atoms with Crippen LogP contribution < -0.4 is 20.1 Å². The van der Waals surface area contributed by atoms with Crippen molar-refractivity contribution in [1.29, 1.82) is 0 Å². The molecular weight excluding hydrogens is 734 g/mol. The monoisotopic (exact) mass is 779 g/mol. The Hall–Kier alpha value is -4.99. The lowest BCUT2D eigenvalue weighted by atomic mass is 10.0. The molecule has 16 heteroatoms. The number of carbonyl (C=O) groups excluding carboxylic acids is 5. The first-order chi connectivity index (χ1) is 26.4. The fraction of sp³-hybridized carbons (Fsp3) is 0.513. The van der Waals surface area contributed by atoms with Gasteiger partial charge < -0.3 is 25.0 Å². The summed E-state index contributed by atoms with van der Waals surface area (Å²) in [5.74, 6) is -2.85. The SMILES string of the molecule is COc1cccc(CC(=O)N[C@H]2CCCCCC=C[C@@H]3C[C@@]3(C(=O)NS(=O)(=O)C3CC3)NC(=O)C3C[C@@H](OC(=O)N4Cc5cccc(F)c5C4)CN3C2=O)c1. The van der Waals surface area contributed by atoms with Crippen molar-refractivity contribution < 1.29 is 46.3 Å². The van der Waals surface area contributed by atoms with E-state index in [0.29, 0.717) is 48.1 Å². The molecule has 2 aromatic carbocycles. The zero-order chi connectivity index (χ0) is 38.9. The molecule has 1 saturated heterocycles. The molecule has 0 bridgehead atoms. The molecule has 14 nitrogen and oxygen atoms in total. The summed E-state index contributed by atoms with van der Waals surface area (Å²) in [7, 11) is -2.40. The minimum absolute atomic E-state index is 0.00217. The number of nitrogens with one attached hydrogen (secondary N) is 3. The Morgan fingerprint density at radius 3 is 2.60 bits per heavy atom. The predicted octanol–water partition coefficient (Wildman–Crippen LogP) is 2.99. The molecule has 3 N–H and O–H groups in total. The highest BCUT2D eigenvalue weighted by molar-refractivity contribution is 7.91. The predicted molar refractivity (Wildman–Crippen MR) is 196 cm³/mol. The van der Waals surface area contributed by atoms with Gasteiger partial charge in [-0.05, 0) is 67.9 Å². The van der Waals surface area contributed by atoms with Gasteiger partial charge in [-0.25, -0.2) is 17.6 Å². The number of carbonyl (C=O) groups is 5. The van der Waals surface area contributed by atoms with Crippen LogP contribution in [0.25, 0.3) is 0 Å². The summed E-state index contributed by atoms with van der Waals surface area (Å²) in [5, 5.41) is 5.02. The minimum Gasteiger partial charge on any atom is -0.497 e. The van der Waals surface area contributed by atoms with Crippen molar-refractivity contribution in [3.8, 4) is 5.75 Å². The second-order valence-corrected chi connectivity index (χ2v) is 17.1. The number of nitrogens with zero attached hydrogens (tertiary/aromatic N) is 2. The average molecular weight is 780 g/mol. The molecule has 3 heterocycles. The van der Waals surface area contributed by atoms with Gasteiger partial charge in [0.15, 0.2) is 0 Å². The highest BCUT2D eigenvalue weighted by atomic mass is 32.2. The van der Waals surface area contributed by atoms with Gasteiger partial charge in [0.25, 0.3) is 5.91 Å². The third-order valence-electron chi connectivity index (χ3n) is 11.1. The molecule has 2 aliphatic carbocycles. The Labute approximate surface area is 319 Å². The first kappa shape index (κ1) is 38.3. The standard InChI is InChI=1S/C39H46FN5O9S/c1-53-27-12-7-9-24(17-27)18-34(46)41-32-14-6-4-2-3-5-11-26-20-39(26,37(49)43-55(51,52)29-15-16-29)42-35(47)33-19-28(22-45(33)36(32)48)54-38(50)44-21-25-10-8-13-31(40)30(25)23-44/h5,7-13,17,26,28-29,32-33H,2-4,6,14-16,18-23H2,1H3,(H,41,46)(H,42,47)(H,43,49)/t26-,28-,32+,33?,39-/m1/s1. The van der Waals surface area contributed by atoms with Gasteiger partial charge in [-0.15, -0.1) is 0 Å². The second-order valence-electron chi connectivity index (χ2n) is 15.1. The molecule has 5 amide bonds. The van der Waals surface area contributed by atoms with Gasteiger partial charge in [-0.2, -0.15) is 0 Å².